The summed E-state index contributed by atoms with van der Waals surface area (Å²) in [7, 11) is 2.60. The third-order valence-corrected chi connectivity index (χ3v) is 4.81. The van der Waals surface area contributed by atoms with Crippen molar-refractivity contribution in [3.05, 3.63) is 24.3 Å². The molecule has 102 valence electrons. The van der Waals surface area contributed by atoms with Crippen LogP contribution in [0.2, 0.25) is 0 Å². The Morgan fingerprint density at radius 1 is 1.33 bits per heavy atom. The summed E-state index contributed by atoms with van der Waals surface area (Å²) in [5.74, 6) is 1.97. The third kappa shape index (κ3) is 4.10. The van der Waals surface area contributed by atoms with Gasteiger partial charge in [0, 0.05) is 16.7 Å². The summed E-state index contributed by atoms with van der Waals surface area (Å²) < 4.78 is 17.4. The predicted molar refractivity (Wildman–Crippen MR) is 76.6 cm³/mol. The Morgan fingerprint density at radius 3 is 2.39 bits per heavy atom. The highest BCUT2D eigenvalue weighted by atomic mass is 32.2. The molecule has 0 aromatic heterocycles. The van der Waals surface area contributed by atoms with Crippen molar-refractivity contribution in [1.82, 2.24) is 5.32 Å². The van der Waals surface area contributed by atoms with Gasteiger partial charge in [0.05, 0.1) is 17.9 Å². The average molecular weight is 269 g/mol. The van der Waals surface area contributed by atoms with E-state index in [0.29, 0.717) is 11.7 Å². The molecular weight excluding hydrogens is 246 g/mol. The summed E-state index contributed by atoms with van der Waals surface area (Å²) >= 11 is 0. The molecule has 1 aromatic carbocycles. The summed E-state index contributed by atoms with van der Waals surface area (Å²) in [5.41, 5.74) is 0. The van der Waals surface area contributed by atoms with Crippen LogP contribution in [0.5, 0.6) is 5.75 Å². The normalized spacial score (nSPS) is 16.0. The summed E-state index contributed by atoms with van der Waals surface area (Å²) in [6.07, 6.45) is 1.09. The maximum Gasteiger partial charge on any atom is 0.118 e. The molecular formula is C14H23NO2S. The monoisotopic (exact) mass is 269 g/mol. The molecule has 3 nitrogen and oxygen atoms in total. The summed E-state index contributed by atoms with van der Waals surface area (Å²) in [5, 5.41) is 3.26. The lowest BCUT2D eigenvalue weighted by atomic mass is 10.0. The molecule has 0 aliphatic carbocycles. The van der Waals surface area contributed by atoms with Gasteiger partial charge in [0.1, 0.15) is 5.75 Å². The fourth-order valence-corrected chi connectivity index (χ4v) is 3.26. The molecule has 4 heteroatoms. The second kappa shape index (κ2) is 7.54. The number of benzene rings is 1. The molecule has 0 aliphatic heterocycles. The van der Waals surface area contributed by atoms with E-state index in [-0.39, 0.29) is 6.04 Å². The van der Waals surface area contributed by atoms with Gasteiger partial charge in [-0.15, -0.1) is 0 Å². The molecule has 0 saturated carbocycles. The first-order chi connectivity index (χ1) is 8.62. The van der Waals surface area contributed by atoms with Crippen LogP contribution in [0.25, 0.3) is 0 Å². The van der Waals surface area contributed by atoms with Gasteiger partial charge in [0.2, 0.25) is 0 Å². The van der Waals surface area contributed by atoms with Gasteiger partial charge in [-0.3, -0.25) is 4.21 Å². The first-order valence-corrected chi connectivity index (χ1v) is 7.64. The molecule has 0 bridgehead atoms. The largest absolute Gasteiger partial charge is 0.497 e. The fourth-order valence-electron chi connectivity index (χ4n) is 1.80. The van der Waals surface area contributed by atoms with E-state index in [1.807, 2.05) is 31.3 Å². The zero-order valence-corrected chi connectivity index (χ0v) is 12.4. The van der Waals surface area contributed by atoms with Crippen LogP contribution in [0.3, 0.4) is 0 Å². The molecule has 3 atom stereocenters. The van der Waals surface area contributed by atoms with Gasteiger partial charge in [-0.05, 0) is 37.2 Å². The molecule has 1 N–H and O–H groups in total. The van der Waals surface area contributed by atoms with Gasteiger partial charge in [0.25, 0.3) is 0 Å². The van der Waals surface area contributed by atoms with E-state index < -0.39 is 10.8 Å². The van der Waals surface area contributed by atoms with E-state index in [2.05, 4.69) is 19.2 Å². The Hall–Kier alpha value is -0.870. The Morgan fingerprint density at radius 2 is 1.94 bits per heavy atom. The van der Waals surface area contributed by atoms with E-state index >= 15 is 0 Å². The van der Waals surface area contributed by atoms with Crippen molar-refractivity contribution < 1.29 is 8.95 Å². The minimum atomic E-state index is -0.964. The van der Waals surface area contributed by atoms with Crippen LogP contribution in [0.1, 0.15) is 20.3 Å². The average Bonchev–Trinajstić information content (AvgIpc) is 2.43. The van der Waals surface area contributed by atoms with Crippen LogP contribution in [-0.4, -0.2) is 30.2 Å². The SMILES string of the molecule is CCC(C)C(CS(=O)c1ccc(OC)cc1)NC. The van der Waals surface area contributed by atoms with E-state index in [1.165, 1.54) is 0 Å². The molecule has 18 heavy (non-hydrogen) atoms. The van der Waals surface area contributed by atoms with E-state index in [1.54, 1.807) is 7.11 Å². The van der Waals surface area contributed by atoms with Gasteiger partial charge < -0.3 is 10.1 Å². The molecule has 3 unspecified atom stereocenters. The minimum Gasteiger partial charge on any atom is -0.497 e. The van der Waals surface area contributed by atoms with Gasteiger partial charge in [-0.1, -0.05) is 20.3 Å². The van der Waals surface area contributed by atoms with Crippen molar-refractivity contribution in [2.75, 3.05) is 19.9 Å². The van der Waals surface area contributed by atoms with E-state index in [9.17, 15) is 4.21 Å². The second-order valence-corrected chi connectivity index (χ2v) is 5.96. The van der Waals surface area contributed by atoms with Crippen molar-refractivity contribution in [1.29, 1.82) is 0 Å². The van der Waals surface area contributed by atoms with Crippen LogP contribution in [0, 0.1) is 5.92 Å². The Kier molecular flexibility index (Phi) is 6.36. The van der Waals surface area contributed by atoms with Crippen molar-refractivity contribution in [2.24, 2.45) is 5.92 Å². The van der Waals surface area contributed by atoms with Crippen LogP contribution in [0.15, 0.2) is 29.2 Å². The molecule has 0 aliphatic rings. The third-order valence-electron chi connectivity index (χ3n) is 3.35. The number of hydrogen-bond donors (Lipinski definition) is 1. The van der Waals surface area contributed by atoms with Crippen molar-refractivity contribution >= 4 is 10.8 Å². The van der Waals surface area contributed by atoms with Gasteiger partial charge in [-0.25, -0.2) is 0 Å². The second-order valence-electron chi connectivity index (χ2n) is 4.47. The number of nitrogens with one attached hydrogen (secondary N) is 1. The maximum atomic E-state index is 12.3. The van der Waals surface area contributed by atoms with Gasteiger partial charge in [-0.2, -0.15) is 0 Å². The number of ether oxygens (including phenoxy) is 1. The van der Waals surface area contributed by atoms with Gasteiger partial charge >= 0.3 is 0 Å². The highest BCUT2D eigenvalue weighted by Crippen LogP contribution is 2.16. The predicted octanol–water partition coefficient (Wildman–Crippen LogP) is 2.44. The highest BCUT2D eigenvalue weighted by Gasteiger charge is 2.17. The Balaban J connectivity index is 2.68. The molecule has 0 amide bonds. The minimum absolute atomic E-state index is 0.290. The Labute approximate surface area is 112 Å². The molecule has 0 radical (unpaired) electrons. The van der Waals surface area contributed by atoms with Crippen molar-refractivity contribution in [3.63, 3.8) is 0 Å². The van der Waals surface area contributed by atoms with Crippen LogP contribution >= 0.6 is 0 Å². The highest BCUT2D eigenvalue weighted by molar-refractivity contribution is 7.85. The molecule has 0 fully saturated rings. The molecule has 1 rings (SSSR count). The number of methoxy groups -OCH3 is 1. The topological polar surface area (TPSA) is 38.3 Å². The van der Waals surface area contributed by atoms with Crippen LogP contribution in [0.4, 0.5) is 0 Å². The molecule has 0 heterocycles. The number of rotatable bonds is 7. The molecule has 1 aromatic rings. The first kappa shape index (κ1) is 15.2. The smallest absolute Gasteiger partial charge is 0.118 e. The standard InChI is InChI=1S/C14H23NO2S/c1-5-11(2)14(15-3)10-18(16)13-8-6-12(17-4)7-9-13/h6-9,11,14-15H,5,10H2,1-4H3. The summed E-state index contributed by atoms with van der Waals surface area (Å²) in [6, 6.07) is 7.74. The maximum absolute atomic E-state index is 12.3. The first-order valence-electron chi connectivity index (χ1n) is 6.32. The number of hydrogen-bond acceptors (Lipinski definition) is 3. The summed E-state index contributed by atoms with van der Waals surface area (Å²) in [4.78, 5) is 0.861. The lowest BCUT2D eigenvalue weighted by molar-refractivity contribution is 0.414. The van der Waals surface area contributed by atoms with Crippen LogP contribution in [-0.2, 0) is 10.8 Å². The van der Waals surface area contributed by atoms with Gasteiger partial charge in [0.15, 0.2) is 0 Å². The Bertz CT molecular complexity index is 378. The van der Waals surface area contributed by atoms with Crippen LogP contribution < -0.4 is 10.1 Å². The lowest BCUT2D eigenvalue weighted by Crippen LogP contribution is -2.36. The molecule has 0 spiro atoms. The zero-order chi connectivity index (χ0) is 13.5. The zero-order valence-electron chi connectivity index (χ0n) is 11.6. The summed E-state index contributed by atoms with van der Waals surface area (Å²) in [6.45, 7) is 4.34. The van der Waals surface area contributed by atoms with E-state index in [4.69, 9.17) is 4.74 Å². The lowest BCUT2D eigenvalue weighted by Gasteiger charge is -2.21. The van der Waals surface area contributed by atoms with E-state index in [0.717, 1.165) is 17.1 Å². The van der Waals surface area contributed by atoms with Crippen molar-refractivity contribution in [3.8, 4) is 5.75 Å². The quantitative estimate of drug-likeness (QED) is 0.826. The fraction of sp³-hybridized carbons (Fsp3) is 0.571. The molecule has 0 saturated heterocycles. The van der Waals surface area contributed by atoms with Crippen molar-refractivity contribution in [2.45, 2.75) is 31.2 Å².